The van der Waals surface area contributed by atoms with Gasteiger partial charge in [-0.25, -0.2) is 0 Å². The Kier molecular flexibility index (Phi) is 3.02. The topological polar surface area (TPSA) is 76.9 Å². The molecule has 5 nitrogen and oxygen atoms in total. The van der Waals surface area contributed by atoms with Gasteiger partial charge in [-0.05, 0) is 0 Å². The molecule has 0 bridgehead atoms. The summed E-state index contributed by atoms with van der Waals surface area (Å²) in [5.74, 6) is -0.842. The second-order valence-corrected chi connectivity index (χ2v) is 2.95. The van der Waals surface area contributed by atoms with E-state index in [9.17, 15) is 0 Å². The van der Waals surface area contributed by atoms with Crippen LogP contribution in [0.4, 0.5) is 0 Å². The summed E-state index contributed by atoms with van der Waals surface area (Å²) in [6, 6.07) is 0. The first-order valence-electron chi connectivity index (χ1n) is 4.05. The molecule has 0 spiro atoms. The van der Waals surface area contributed by atoms with Gasteiger partial charge in [0.25, 0.3) is 0 Å². The molecule has 12 heavy (non-hydrogen) atoms. The third kappa shape index (κ3) is 3.66. The van der Waals surface area contributed by atoms with Crippen molar-refractivity contribution < 1.29 is 10.2 Å². The van der Waals surface area contributed by atoms with Crippen LogP contribution in [0.1, 0.15) is 13.3 Å². The molecule has 70 valence electrons. The molecule has 0 aromatic heterocycles. The summed E-state index contributed by atoms with van der Waals surface area (Å²) < 4.78 is 0. The molecule has 1 rings (SSSR count). The Morgan fingerprint density at radius 2 is 2.42 bits per heavy atom. The number of aliphatic hydroxyl groups is 2. The minimum absolute atomic E-state index is 0.509. The molecular formula is C7H15N3O2. The van der Waals surface area contributed by atoms with E-state index in [1.165, 1.54) is 6.92 Å². The Hall–Kier alpha value is -0.650. The molecule has 4 N–H and O–H groups in total. The maximum absolute atomic E-state index is 8.88. The first kappa shape index (κ1) is 9.44. The van der Waals surface area contributed by atoms with Gasteiger partial charge in [0.05, 0.1) is 12.4 Å². The maximum atomic E-state index is 8.88. The van der Waals surface area contributed by atoms with Gasteiger partial charge in [0.1, 0.15) is 0 Å². The Bertz CT molecular complexity index is 174. The summed E-state index contributed by atoms with van der Waals surface area (Å²) >= 11 is 0. The quantitative estimate of drug-likeness (QED) is 0.395. The number of hydrogen-bond donors (Lipinski definition) is 4. The second-order valence-electron chi connectivity index (χ2n) is 2.95. The predicted molar refractivity (Wildman–Crippen MR) is 45.8 cm³/mol. The van der Waals surface area contributed by atoms with Crippen LogP contribution in [0, 0.1) is 0 Å². The highest BCUT2D eigenvalue weighted by Crippen LogP contribution is 1.93. The van der Waals surface area contributed by atoms with Crippen LogP contribution < -0.4 is 10.6 Å². The van der Waals surface area contributed by atoms with E-state index in [1.807, 2.05) is 0 Å². The number of amidine groups is 1. The smallest absolute Gasteiger partial charge is 0.219 e. The average Bonchev–Trinajstić information content (AvgIpc) is 2.36. The SMILES string of the molecule is CC(O)(O)NCCC1=NCCN1. The summed E-state index contributed by atoms with van der Waals surface area (Å²) in [5.41, 5.74) is 0. The Balaban J connectivity index is 2.10. The monoisotopic (exact) mass is 173 g/mol. The lowest BCUT2D eigenvalue weighted by atomic mass is 10.4. The zero-order chi connectivity index (χ0) is 9.03. The highest BCUT2D eigenvalue weighted by Gasteiger charge is 2.13. The molecule has 0 saturated heterocycles. The largest absolute Gasteiger partial charge is 0.372 e. The molecule has 0 aromatic carbocycles. The lowest BCUT2D eigenvalue weighted by molar-refractivity contribution is -0.168. The first-order chi connectivity index (χ1) is 5.58. The van der Waals surface area contributed by atoms with Crippen molar-refractivity contribution in [2.24, 2.45) is 4.99 Å². The van der Waals surface area contributed by atoms with Gasteiger partial charge in [-0.15, -0.1) is 0 Å². The number of rotatable bonds is 4. The number of nitrogens with one attached hydrogen (secondary N) is 2. The van der Waals surface area contributed by atoms with Gasteiger partial charge in [0, 0.05) is 26.4 Å². The van der Waals surface area contributed by atoms with Crippen LogP contribution in [0.15, 0.2) is 4.99 Å². The van der Waals surface area contributed by atoms with Crippen molar-refractivity contribution in [2.75, 3.05) is 19.6 Å². The van der Waals surface area contributed by atoms with Gasteiger partial charge in [0.15, 0.2) is 0 Å². The fourth-order valence-corrected chi connectivity index (χ4v) is 1.03. The van der Waals surface area contributed by atoms with E-state index in [1.54, 1.807) is 0 Å². The molecule has 5 heteroatoms. The highest BCUT2D eigenvalue weighted by atomic mass is 16.5. The van der Waals surface area contributed by atoms with E-state index in [-0.39, 0.29) is 0 Å². The van der Waals surface area contributed by atoms with Crippen LogP contribution in [0.2, 0.25) is 0 Å². The second kappa shape index (κ2) is 3.84. The lowest BCUT2D eigenvalue weighted by Gasteiger charge is -2.17. The number of aliphatic imine (C=N–C) groups is 1. The van der Waals surface area contributed by atoms with Gasteiger partial charge >= 0.3 is 0 Å². The van der Waals surface area contributed by atoms with E-state index in [2.05, 4.69) is 15.6 Å². The van der Waals surface area contributed by atoms with Gasteiger partial charge in [-0.2, -0.15) is 0 Å². The molecule has 0 fully saturated rings. The Morgan fingerprint density at radius 1 is 1.67 bits per heavy atom. The summed E-state index contributed by atoms with van der Waals surface area (Å²) in [5, 5.41) is 23.4. The summed E-state index contributed by atoms with van der Waals surface area (Å²) in [7, 11) is 0. The molecule has 0 amide bonds. The van der Waals surface area contributed by atoms with Crippen molar-refractivity contribution >= 4 is 5.84 Å². The molecule has 0 aromatic rings. The normalized spacial score (nSPS) is 17.4. The van der Waals surface area contributed by atoms with E-state index < -0.39 is 5.91 Å². The van der Waals surface area contributed by atoms with Crippen molar-refractivity contribution in [2.45, 2.75) is 19.3 Å². The van der Waals surface area contributed by atoms with Crippen LogP contribution in [0.25, 0.3) is 0 Å². The molecular weight excluding hydrogens is 158 g/mol. The van der Waals surface area contributed by atoms with Gasteiger partial charge in [-0.3, -0.25) is 10.3 Å². The fraction of sp³-hybridized carbons (Fsp3) is 0.857. The molecule has 0 unspecified atom stereocenters. The van der Waals surface area contributed by atoms with Crippen LogP contribution >= 0.6 is 0 Å². The van der Waals surface area contributed by atoms with Gasteiger partial charge in [-0.1, -0.05) is 0 Å². The molecule has 0 saturated carbocycles. The standard InChI is InChI=1S/C7H15N3O2/c1-7(11,12)10-3-2-6-8-4-5-9-6/h10-12H,2-5H2,1H3,(H,8,9). The molecule has 1 heterocycles. The molecule has 0 aliphatic carbocycles. The predicted octanol–water partition coefficient (Wildman–Crippen LogP) is -1.37. The van der Waals surface area contributed by atoms with Crippen LogP contribution in [0.5, 0.6) is 0 Å². The average molecular weight is 173 g/mol. The van der Waals surface area contributed by atoms with Crippen LogP contribution in [-0.4, -0.2) is 41.6 Å². The van der Waals surface area contributed by atoms with Crippen molar-refractivity contribution in [3.05, 3.63) is 0 Å². The van der Waals surface area contributed by atoms with E-state index in [0.29, 0.717) is 13.0 Å². The molecule has 1 aliphatic heterocycles. The van der Waals surface area contributed by atoms with Crippen molar-refractivity contribution in [3.63, 3.8) is 0 Å². The Labute approximate surface area is 71.5 Å². The van der Waals surface area contributed by atoms with Crippen LogP contribution in [-0.2, 0) is 0 Å². The van der Waals surface area contributed by atoms with E-state index in [4.69, 9.17) is 10.2 Å². The molecule has 0 radical (unpaired) electrons. The van der Waals surface area contributed by atoms with Crippen molar-refractivity contribution in [1.29, 1.82) is 0 Å². The number of nitrogens with zero attached hydrogens (tertiary/aromatic N) is 1. The van der Waals surface area contributed by atoms with Gasteiger partial charge < -0.3 is 15.5 Å². The summed E-state index contributed by atoms with van der Waals surface area (Å²) in [4.78, 5) is 4.16. The van der Waals surface area contributed by atoms with E-state index >= 15 is 0 Å². The molecule has 0 atom stereocenters. The zero-order valence-electron chi connectivity index (χ0n) is 7.17. The third-order valence-electron chi connectivity index (χ3n) is 1.57. The summed E-state index contributed by atoms with van der Waals surface area (Å²) in [6.45, 7) is 3.52. The first-order valence-corrected chi connectivity index (χ1v) is 4.05. The highest BCUT2D eigenvalue weighted by molar-refractivity contribution is 5.83. The van der Waals surface area contributed by atoms with Crippen molar-refractivity contribution in [1.82, 2.24) is 10.6 Å². The summed E-state index contributed by atoms with van der Waals surface area (Å²) in [6.07, 6.45) is 0.705. The lowest BCUT2D eigenvalue weighted by Crippen LogP contribution is -2.43. The molecule has 1 aliphatic rings. The third-order valence-corrected chi connectivity index (χ3v) is 1.57. The minimum atomic E-state index is -1.78. The minimum Gasteiger partial charge on any atom is -0.372 e. The van der Waals surface area contributed by atoms with E-state index in [0.717, 1.165) is 18.9 Å². The van der Waals surface area contributed by atoms with Crippen molar-refractivity contribution in [3.8, 4) is 0 Å². The maximum Gasteiger partial charge on any atom is 0.219 e. The zero-order valence-corrected chi connectivity index (χ0v) is 7.17. The van der Waals surface area contributed by atoms with Crippen LogP contribution in [0.3, 0.4) is 0 Å². The fourth-order valence-electron chi connectivity index (χ4n) is 1.03. The number of hydrogen-bond acceptors (Lipinski definition) is 5. The Morgan fingerprint density at radius 3 is 2.92 bits per heavy atom. The van der Waals surface area contributed by atoms with Gasteiger partial charge in [0.2, 0.25) is 5.91 Å².